The van der Waals surface area contributed by atoms with Gasteiger partial charge in [0, 0.05) is 38.3 Å². The molecule has 19 heavy (non-hydrogen) atoms. The van der Waals surface area contributed by atoms with Crippen LogP contribution < -0.4 is 5.43 Å². The third-order valence-electron chi connectivity index (χ3n) is 3.28. The summed E-state index contributed by atoms with van der Waals surface area (Å²) in [6.07, 6.45) is 2.56. The van der Waals surface area contributed by atoms with Crippen LogP contribution in [-0.4, -0.2) is 33.6 Å². The zero-order valence-electron chi connectivity index (χ0n) is 11.8. The third-order valence-corrected chi connectivity index (χ3v) is 3.28. The molecule has 0 saturated heterocycles. The van der Waals surface area contributed by atoms with E-state index in [1.54, 1.807) is 15.7 Å². The van der Waals surface area contributed by atoms with Crippen molar-refractivity contribution in [3.8, 4) is 5.75 Å². The molecule has 0 spiro atoms. The molecule has 0 radical (unpaired) electrons. The molecule has 1 heterocycles. The number of hydrogen-bond acceptors (Lipinski definition) is 3. The summed E-state index contributed by atoms with van der Waals surface area (Å²) in [7, 11) is 0. The summed E-state index contributed by atoms with van der Waals surface area (Å²) in [5, 5.41) is 9.72. The fourth-order valence-electron chi connectivity index (χ4n) is 2.14. The SMILES string of the molecule is CCc1c(O)c(=O)ccn1CCC(=O)N(CC)CC. The average molecular weight is 266 g/mol. The first-order valence-electron chi connectivity index (χ1n) is 6.74. The van der Waals surface area contributed by atoms with Crippen LogP contribution in [0.1, 0.15) is 32.9 Å². The van der Waals surface area contributed by atoms with Gasteiger partial charge in [0.15, 0.2) is 5.75 Å². The van der Waals surface area contributed by atoms with E-state index in [1.807, 2.05) is 20.8 Å². The Labute approximate surface area is 113 Å². The topological polar surface area (TPSA) is 62.5 Å². The Balaban J connectivity index is 2.81. The molecule has 1 rings (SSSR count). The summed E-state index contributed by atoms with van der Waals surface area (Å²) < 4.78 is 1.78. The lowest BCUT2D eigenvalue weighted by Crippen LogP contribution is -2.31. The Morgan fingerprint density at radius 2 is 1.95 bits per heavy atom. The molecule has 1 aromatic heterocycles. The van der Waals surface area contributed by atoms with E-state index in [0.717, 1.165) is 0 Å². The number of hydrogen-bond donors (Lipinski definition) is 1. The number of aryl methyl sites for hydroxylation is 1. The number of carbonyl (C=O) groups is 1. The van der Waals surface area contributed by atoms with Crippen molar-refractivity contribution in [2.24, 2.45) is 0 Å². The molecule has 0 atom stereocenters. The van der Waals surface area contributed by atoms with Crippen LogP contribution in [0.4, 0.5) is 0 Å². The highest BCUT2D eigenvalue weighted by Crippen LogP contribution is 2.12. The maximum atomic E-state index is 11.9. The van der Waals surface area contributed by atoms with Crippen molar-refractivity contribution in [2.75, 3.05) is 13.1 Å². The van der Waals surface area contributed by atoms with Gasteiger partial charge in [0.25, 0.3) is 0 Å². The van der Waals surface area contributed by atoms with Crippen molar-refractivity contribution >= 4 is 5.91 Å². The zero-order chi connectivity index (χ0) is 14.4. The van der Waals surface area contributed by atoms with Gasteiger partial charge in [0.05, 0.1) is 5.69 Å². The number of rotatable bonds is 6. The van der Waals surface area contributed by atoms with E-state index in [0.29, 0.717) is 38.2 Å². The van der Waals surface area contributed by atoms with Gasteiger partial charge in [-0.15, -0.1) is 0 Å². The van der Waals surface area contributed by atoms with E-state index in [4.69, 9.17) is 0 Å². The average Bonchev–Trinajstić information content (AvgIpc) is 2.41. The normalized spacial score (nSPS) is 10.5. The summed E-state index contributed by atoms with van der Waals surface area (Å²) in [6, 6.07) is 1.33. The van der Waals surface area contributed by atoms with Gasteiger partial charge in [-0.2, -0.15) is 0 Å². The monoisotopic (exact) mass is 266 g/mol. The zero-order valence-corrected chi connectivity index (χ0v) is 11.8. The lowest BCUT2D eigenvalue weighted by atomic mass is 10.2. The van der Waals surface area contributed by atoms with Crippen LogP contribution in [0.2, 0.25) is 0 Å². The van der Waals surface area contributed by atoms with Crippen LogP contribution in [0.5, 0.6) is 5.75 Å². The second kappa shape index (κ2) is 6.97. The Bertz CT molecular complexity index is 490. The molecule has 106 valence electrons. The minimum atomic E-state index is -0.372. The summed E-state index contributed by atoms with van der Waals surface area (Å²) in [5.41, 5.74) is 0.211. The van der Waals surface area contributed by atoms with Crippen molar-refractivity contribution in [1.82, 2.24) is 9.47 Å². The molecule has 1 amide bonds. The van der Waals surface area contributed by atoms with E-state index >= 15 is 0 Å². The molecule has 0 bridgehead atoms. The maximum Gasteiger partial charge on any atom is 0.224 e. The van der Waals surface area contributed by atoms with Crippen molar-refractivity contribution < 1.29 is 9.90 Å². The molecule has 5 heteroatoms. The quantitative estimate of drug-likeness (QED) is 0.846. The Morgan fingerprint density at radius 1 is 1.32 bits per heavy atom. The molecule has 0 aliphatic carbocycles. The van der Waals surface area contributed by atoms with Crippen LogP contribution in [0.15, 0.2) is 17.1 Å². The fourth-order valence-corrected chi connectivity index (χ4v) is 2.14. The number of aromatic hydroxyl groups is 1. The van der Waals surface area contributed by atoms with Crippen LogP contribution in [0.25, 0.3) is 0 Å². The molecule has 0 fully saturated rings. The van der Waals surface area contributed by atoms with Gasteiger partial charge in [0.2, 0.25) is 11.3 Å². The van der Waals surface area contributed by atoms with Gasteiger partial charge >= 0.3 is 0 Å². The maximum absolute atomic E-state index is 11.9. The number of aromatic nitrogens is 1. The van der Waals surface area contributed by atoms with E-state index < -0.39 is 0 Å². The summed E-state index contributed by atoms with van der Waals surface area (Å²) in [4.78, 5) is 25.0. The standard InChI is InChI=1S/C14H22N2O3/c1-4-11-14(19)12(17)7-9-16(11)10-8-13(18)15(5-2)6-3/h7,9,19H,4-6,8,10H2,1-3H3. The summed E-state index contributed by atoms with van der Waals surface area (Å²) in [5.74, 6) is -0.120. The fraction of sp³-hybridized carbons (Fsp3) is 0.571. The van der Waals surface area contributed by atoms with E-state index in [1.165, 1.54) is 6.07 Å². The van der Waals surface area contributed by atoms with Gasteiger partial charge in [0.1, 0.15) is 0 Å². The van der Waals surface area contributed by atoms with Crippen LogP contribution in [0.3, 0.4) is 0 Å². The Kier molecular flexibility index (Phi) is 5.60. The molecule has 1 aromatic rings. The minimum Gasteiger partial charge on any atom is -0.503 e. The molecule has 0 aliphatic rings. The predicted molar refractivity (Wildman–Crippen MR) is 74.3 cm³/mol. The van der Waals surface area contributed by atoms with E-state index in [9.17, 15) is 14.7 Å². The van der Waals surface area contributed by atoms with Gasteiger partial charge < -0.3 is 14.6 Å². The highest BCUT2D eigenvalue weighted by molar-refractivity contribution is 5.76. The molecular weight excluding hydrogens is 244 g/mol. The highest BCUT2D eigenvalue weighted by atomic mass is 16.3. The number of nitrogens with zero attached hydrogens (tertiary/aromatic N) is 2. The molecular formula is C14H22N2O3. The smallest absolute Gasteiger partial charge is 0.224 e. The molecule has 1 N–H and O–H groups in total. The largest absolute Gasteiger partial charge is 0.503 e. The van der Waals surface area contributed by atoms with Gasteiger partial charge in [-0.1, -0.05) is 6.92 Å². The first kappa shape index (κ1) is 15.3. The molecule has 0 saturated carbocycles. The van der Waals surface area contributed by atoms with E-state index in [2.05, 4.69) is 0 Å². The Morgan fingerprint density at radius 3 is 2.47 bits per heavy atom. The van der Waals surface area contributed by atoms with Crippen LogP contribution in [-0.2, 0) is 17.8 Å². The van der Waals surface area contributed by atoms with Gasteiger partial charge in [-0.25, -0.2) is 0 Å². The molecule has 0 unspecified atom stereocenters. The van der Waals surface area contributed by atoms with Gasteiger partial charge in [-0.05, 0) is 20.3 Å². The Hall–Kier alpha value is -1.78. The molecule has 0 aliphatic heterocycles. The van der Waals surface area contributed by atoms with Crippen molar-refractivity contribution in [2.45, 2.75) is 40.2 Å². The summed E-state index contributed by atoms with van der Waals surface area (Å²) in [6.45, 7) is 7.65. The van der Waals surface area contributed by atoms with Crippen molar-refractivity contribution in [1.29, 1.82) is 0 Å². The lowest BCUT2D eigenvalue weighted by Gasteiger charge is -2.20. The van der Waals surface area contributed by atoms with Crippen LogP contribution >= 0.6 is 0 Å². The van der Waals surface area contributed by atoms with Gasteiger partial charge in [-0.3, -0.25) is 9.59 Å². The predicted octanol–water partition coefficient (Wildman–Crippen LogP) is 1.37. The second-order valence-corrected chi connectivity index (χ2v) is 4.34. The second-order valence-electron chi connectivity index (χ2n) is 4.34. The minimum absolute atomic E-state index is 0.0882. The summed E-state index contributed by atoms with van der Waals surface area (Å²) >= 11 is 0. The van der Waals surface area contributed by atoms with Crippen molar-refractivity contribution in [3.63, 3.8) is 0 Å². The third kappa shape index (κ3) is 3.59. The lowest BCUT2D eigenvalue weighted by molar-refractivity contribution is -0.131. The number of pyridine rings is 1. The first-order valence-corrected chi connectivity index (χ1v) is 6.74. The van der Waals surface area contributed by atoms with Crippen LogP contribution in [0, 0.1) is 0 Å². The molecule has 5 nitrogen and oxygen atoms in total. The number of amides is 1. The number of carbonyl (C=O) groups excluding carboxylic acids is 1. The van der Waals surface area contributed by atoms with Crippen molar-refractivity contribution in [3.05, 3.63) is 28.2 Å². The highest BCUT2D eigenvalue weighted by Gasteiger charge is 2.12. The first-order chi connectivity index (χ1) is 9.04. The molecule has 0 aromatic carbocycles. The van der Waals surface area contributed by atoms with E-state index in [-0.39, 0.29) is 17.1 Å².